The number of anilines is 2. The zero-order valence-corrected chi connectivity index (χ0v) is 49.2. The number of carbonyl (C=O) groups excluding carboxylic acids is 6. The summed E-state index contributed by atoms with van der Waals surface area (Å²) in [5.41, 5.74) is -6.05. The predicted octanol–water partition coefficient (Wildman–Crippen LogP) is 13.4. The molecular weight excluding hydrogens is 1160 g/mol. The zero-order chi connectivity index (χ0) is 63.2. The van der Waals surface area contributed by atoms with Crippen molar-refractivity contribution in [2.24, 2.45) is 0 Å². The molecule has 0 spiro atoms. The van der Waals surface area contributed by atoms with Gasteiger partial charge in [0, 0.05) is 37.4 Å². The zero-order valence-electron chi connectivity index (χ0n) is 48.4. The van der Waals surface area contributed by atoms with E-state index in [4.69, 9.17) is 40.0 Å². The van der Waals surface area contributed by atoms with Gasteiger partial charge in [-0.15, -0.1) is 21.8 Å². The van der Waals surface area contributed by atoms with Crippen LogP contribution in [0.15, 0.2) is 49.3 Å². The van der Waals surface area contributed by atoms with Gasteiger partial charge in [-0.1, -0.05) is 12.8 Å². The van der Waals surface area contributed by atoms with Gasteiger partial charge < -0.3 is 28.4 Å². The Balaban J connectivity index is 0.000000243. The molecule has 31 heteroatoms. The fourth-order valence-electron chi connectivity index (χ4n) is 7.82. The lowest BCUT2D eigenvalue weighted by molar-refractivity contribution is -0.138. The number of halogens is 7. The lowest BCUT2D eigenvalue weighted by Crippen LogP contribution is -2.44. The summed E-state index contributed by atoms with van der Waals surface area (Å²) in [6.45, 7) is 19.1. The molecule has 4 amide bonds. The first kappa shape index (κ1) is 65.8. The number of nitrogens with one attached hydrogen (secondary N) is 1. The highest BCUT2D eigenvalue weighted by atomic mass is 35.5. The van der Waals surface area contributed by atoms with Crippen molar-refractivity contribution < 1.29 is 83.5 Å². The van der Waals surface area contributed by atoms with Crippen molar-refractivity contribution in [3.8, 4) is 23.5 Å². The maximum absolute atomic E-state index is 13.4. The van der Waals surface area contributed by atoms with Crippen LogP contribution in [0.4, 0.5) is 57.2 Å². The minimum atomic E-state index is -4.69. The molecule has 0 aromatic carbocycles. The van der Waals surface area contributed by atoms with Crippen molar-refractivity contribution in [3.05, 3.63) is 60.4 Å². The van der Waals surface area contributed by atoms with Gasteiger partial charge in [0.25, 0.3) is 11.8 Å². The first-order chi connectivity index (χ1) is 39.3. The number of ether oxygens (including phenoxy) is 6. The first-order valence-corrected chi connectivity index (χ1v) is 26.8. The lowest BCUT2D eigenvalue weighted by atomic mass is 9.94. The number of hydrogen-bond acceptors (Lipinski definition) is 20. The van der Waals surface area contributed by atoms with E-state index in [-0.39, 0.29) is 68.8 Å². The van der Waals surface area contributed by atoms with Crippen LogP contribution in [0.2, 0.25) is 0 Å². The van der Waals surface area contributed by atoms with Gasteiger partial charge >= 0.3 is 36.7 Å². The maximum Gasteiger partial charge on any atom is 0.425 e. The van der Waals surface area contributed by atoms with E-state index in [0.717, 1.165) is 56.4 Å². The largest absolute Gasteiger partial charge is 0.443 e. The summed E-state index contributed by atoms with van der Waals surface area (Å²) in [6.07, 6.45) is -4.06. The smallest absolute Gasteiger partial charge is 0.425 e. The highest BCUT2D eigenvalue weighted by Crippen LogP contribution is 2.41. The molecule has 0 bridgehead atoms. The van der Waals surface area contributed by atoms with Crippen LogP contribution in [0.5, 0.6) is 23.5 Å². The van der Waals surface area contributed by atoms with Gasteiger partial charge in [0.15, 0.2) is 34.5 Å². The van der Waals surface area contributed by atoms with E-state index in [2.05, 4.69) is 45.2 Å². The standard InChI is InChI=1S/C27H31F3N6O6.C21H23F3N6O5.C6H9ClO/c1-25(2,3)41-23(38)35(24(39)42-26(4,5)6)20-19-21(33-14-32-20)36(16-9-7-8-10-17(16)37)34-22(19)40-18-13-15(11-12-31-18)27(28,29)30;1-19(2,3)34-17(31)30(18(32)35-20(4,5)6)15-13-14(26-10-27-15)28-29-16(13)33-12-9-11(7-8-25-12)21(22,23)24;7-5-3-1-2-4-6(5)8/h11-14,16H,7-10H2,1-6H3;7-10H,1-6H3,(H,26,27,28,29);5H,1-4H2. The molecule has 85 heavy (non-hydrogen) atoms. The summed E-state index contributed by atoms with van der Waals surface area (Å²) >= 11 is 5.62. The number of aromatic nitrogens is 10. The Bertz CT molecular complexity index is 3370. The van der Waals surface area contributed by atoms with Crippen molar-refractivity contribution in [1.82, 2.24) is 49.9 Å². The van der Waals surface area contributed by atoms with E-state index in [0.29, 0.717) is 47.6 Å². The Labute approximate surface area is 487 Å². The SMILES string of the molecule is CC(C)(C)OC(=O)N(C(=O)OC(C)(C)C)c1ncnc2[nH]nc(Oc3cc(C(F)(F)F)ccn3)c12.CC(C)(C)OC(=O)N(C(=O)OC(C)(C)C)c1ncnc2c1c(Oc1cc(C(F)(F)F)ccn1)nn2C1CCCCC1=O.O=C1CCCCC1Cl. The number of H-pyrrole nitrogens is 1. The molecule has 0 radical (unpaired) electrons. The van der Waals surface area contributed by atoms with Gasteiger partial charge in [-0.3, -0.25) is 14.7 Å². The summed E-state index contributed by atoms with van der Waals surface area (Å²) in [7, 11) is 0. The number of hydrogen-bond donors (Lipinski definition) is 1. The molecule has 1 N–H and O–H groups in total. The Morgan fingerprint density at radius 1 is 0.565 bits per heavy atom. The number of imide groups is 2. The fraction of sp³-hybridized carbons (Fsp3) is 0.519. The first-order valence-electron chi connectivity index (χ1n) is 26.4. The van der Waals surface area contributed by atoms with E-state index >= 15 is 0 Å². The molecular formula is C54H63ClF6N12O12. The number of alkyl halides is 7. The van der Waals surface area contributed by atoms with Crippen LogP contribution in [0.1, 0.15) is 152 Å². The Morgan fingerprint density at radius 3 is 1.40 bits per heavy atom. The van der Waals surface area contributed by atoms with E-state index in [1.165, 1.54) is 4.68 Å². The second-order valence-electron chi connectivity index (χ2n) is 23.1. The molecule has 2 aliphatic rings. The van der Waals surface area contributed by atoms with Crippen molar-refractivity contribution in [1.29, 1.82) is 0 Å². The number of ketones is 2. The van der Waals surface area contributed by atoms with Gasteiger partial charge in [-0.2, -0.15) is 36.1 Å². The van der Waals surface area contributed by atoms with Gasteiger partial charge in [0.2, 0.25) is 11.8 Å². The fourth-order valence-corrected chi connectivity index (χ4v) is 8.08. The van der Waals surface area contributed by atoms with Gasteiger partial charge in [0.05, 0.1) is 16.5 Å². The second-order valence-corrected chi connectivity index (χ2v) is 23.6. The van der Waals surface area contributed by atoms with Crippen LogP contribution in [-0.2, 0) is 40.9 Å². The number of carbonyl (C=O) groups is 6. The second kappa shape index (κ2) is 25.9. The molecule has 6 aromatic rings. The third kappa shape index (κ3) is 18.1. The third-order valence-corrected chi connectivity index (χ3v) is 11.8. The average molecular weight is 1220 g/mol. The van der Waals surface area contributed by atoms with Crippen molar-refractivity contribution in [2.45, 2.75) is 181 Å². The molecule has 2 atom stereocenters. The van der Waals surface area contributed by atoms with Crippen LogP contribution in [0, 0.1) is 0 Å². The minimum Gasteiger partial charge on any atom is -0.443 e. The molecule has 0 aliphatic heterocycles. The Kier molecular flexibility index (Phi) is 20.1. The highest BCUT2D eigenvalue weighted by molar-refractivity contribution is 6.31. The number of Topliss-reactive ketones (excluding diaryl/α,β-unsaturated/α-hetero) is 2. The summed E-state index contributed by atoms with van der Waals surface area (Å²) in [4.78, 5) is 101. The molecule has 2 unspecified atom stereocenters. The van der Waals surface area contributed by atoms with E-state index < -0.39 is 88.1 Å². The minimum absolute atomic E-state index is 0.000608. The third-order valence-electron chi connectivity index (χ3n) is 11.3. The monoisotopic (exact) mass is 1220 g/mol. The molecule has 2 fully saturated rings. The summed E-state index contributed by atoms with van der Waals surface area (Å²) in [5, 5.41) is 10.4. The van der Waals surface area contributed by atoms with E-state index in [9.17, 15) is 55.1 Å². The Morgan fingerprint density at radius 2 is 0.988 bits per heavy atom. The van der Waals surface area contributed by atoms with Crippen LogP contribution >= 0.6 is 11.6 Å². The van der Waals surface area contributed by atoms with E-state index in [1.807, 2.05) is 0 Å². The van der Waals surface area contributed by atoms with Gasteiger partial charge in [-0.05, 0) is 121 Å². The number of nitrogens with zero attached hydrogens (tertiary/aromatic N) is 11. The van der Waals surface area contributed by atoms with Crippen LogP contribution in [0.25, 0.3) is 22.1 Å². The topological polar surface area (TPSA) is 288 Å². The maximum atomic E-state index is 13.4. The predicted molar refractivity (Wildman–Crippen MR) is 291 cm³/mol. The Hall–Kier alpha value is -8.31. The molecule has 0 saturated heterocycles. The van der Waals surface area contributed by atoms with Crippen molar-refractivity contribution >= 4 is 81.2 Å². The van der Waals surface area contributed by atoms with Gasteiger partial charge in [0.1, 0.15) is 51.9 Å². The van der Waals surface area contributed by atoms with E-state index in [1.54, 1.807) is 83.1 Å². The number of rotatable bonds is 7. The number of pyridine rings is 2. The number of aromatic amines is 1. The van der Waals surface area contributed by atoms with Crippen molar-refractivity contribution in [2.75, 3.05) is 9.80 Å². The molecule has 460 valence electrons. The molecule has 2 saturated carbocycles. The quantitative estimate of drug-likeness (QED) is 0.0882. The number of amides is 4. The normalized spacial score (nSPS) is 16.0. The van der Waals surface area contributed by atoms with Crippen LogP contribution in [0.3, 0.4) is 0 Å². The lowest BCUT2D eigenvalue weighted by Gasteiger charge is -2.28. The highest BCUT2D eigenvalue weighted by Gasteiger charge is 2.40. The summed E-state index contributed by atoms with van der Waals surface area (Å²) < 4.78 is 113. The molecule has 24 nitrogen and oxygen atoms in total. The molecule has 6 heterocycles. The van der Waals surface area contributed by atoms with Crippen LogP contribution in [-0.4, -0.2) is 114 Å². The average Bonchev–Trinajstić information content (AvgIpc) is 2.60. The summed E-state index contributed by atoms with van der Waals surface area (Å²) in [6, 6.07) is 2.11. The van der Waals surface area contributed by atoms with Crippen LogP contribution < -0.4 is 19.3 Å². The molecule has 6 aromatic heterocycles. The van der Waals surface area contributed by atoms with Gasteiger partial charge in [-0.25, -0.2) is 53.8 Å². The number of fused-ring (bicyclic) bond motifs is 2. The summed E-state index contributed by atoms with van der Waals surface area (Å²) in [5.74, 6) is -2.24. The molecule has 8 rings (SSSR count). The molecule has 2 aliphatic carbocycles. The van der Waals surface area contributed by atoms with Crippen molar-refractivity contribution in [3.63, 3.8) is 0 Å².